The molecular weight excluding hydrogens is 302 g/mol. The van der Waals surface area contributed by atoms with Crippen molar-refractivity contribution in [1.82, 2.24) is 0 Å². The van der Waals surface area contributed by atoms with Gasteiger partial charge in [-0.25, -0.2) is 0 Å². The van der Waals surface area contributed by atoms with E-state index in [2.05, 4.69) is 0 Å². The molecule has 0 aliphatic rings. The third kappa shape index (κ3) is 165. The molecule has 0 aliphatic carbocycles. The van der Waals surface area contributed by atoms with Crippen LogP contribution in [0.4, 0.5) is 14.1 Å². The van der Waals surface area contributed by atoms with E-state index < -0.39 is 0 Å². The molecule has 0 spiro atoms. The molecule has 0 fully saturated rings. The quantitative estimate of drug-likeness (QED) is 0.308. The molecule has 0 saturated carbocycles. The minimum atomic E-state index is 0. The Kier molecular flexibility index (Phi) is 11500. The van der Waals surface area contributed by atoms with Crippen molar-refractivity contribution < 1.29 is 68.2 Å². The summed E-state index contributed by atoms with van der Waals surface area (Å²) in [5.41, 5.74) is 0. The van der Waals surface area contributed by atoms with Crippen molar-refractivity contribution in [3.05, 3.63) is 0 Å². The molecule has 0 rings (SSSR count). The van der Waals surface area contributed by atoms with E-state index in [4.69, 9.17) is 0 Å². The average molecular weight is 308 g/mol. The van der Waals surface area contributed by atoms with Crippen molar-refractivity contribution >= 4 is 9.90 Å². The van der Waals surface area contributed by atoms with Gasteiger partial charge in [0.25, 0.3) is 0 Å². The molecule has 0 aromatic rings. The number of rotatable bonds is 0. The first-order chi connectivity index (χ1) is 0. The van der Waals surface area contributed by atoms with E-state index in [1.165, 1.54) is 0 Å². The standard InChI is InChI=1S/6FH.Gd.H3P/h6*1H;;1H3/q;;;;;;+3;/p-3. The second-order valence-corrected chi connectivity index (χ2v) is 0. The molecular formula is H6F6GdP. The van der Waals surface area contributed by atoms with Crippen molar-refractivity contribution in [1.29, 1.82) is 0 Å². The van der Waals surface area contributed by atoms with Gasteiger partial charge in [0, 0.05) is 0 Å². The van der Waals surface area contributed by atoms with Gasteiger partial charge >= 0.3 is 39.9 Å². The van der Waals surface area contributed by atoms with Crippen LogP contribution in [0.15, 0.2) is 0 Å². The van der Waals surface area contributed by atoms with Gasteiger partial charge in [0.1, 0.15) is 0 Å². The summed E-state index contributed by atoms with van der Waals surface area (Å²) < 4.78 is 0. The number of hydrogen-bond donors (Lipinski definition) is 0. The molecule has 8 heteroatoms. The summed E-state index contributed by atoms with van der Waals surface area (Å²) in [6.07, 6.45) is 0. The van der Waals surface area contributed by atoms with E-state index in [1.807, 2.05) is 0 Å². The average Bonchev–Trinajstić information content (AvgIpc) is 0. The fourth-order valence-corrected chi connectivity index (χ4v) is 0. The van der Waals surface area contributed by atoms with Gasteiger partial charge in [-0.05, 0) is 0 Å². The Hall–Kier alpha value is 1.33. The van der Waals surface area contributed by atoms with E-state index in [0.29, 0.717) is 0 Å². The molecule has 1 unspecified atom stereocenters. The van der Waals surface area contributed by atoms with Crippen LogP contribution in [-0.4, -0.2) is 0 Å². The molecule has 0 N–H and O–H groups in total. The van der Waals surface area contributed by atoms with Crippen LogP contribution in [0.3, 0.4) is 0 Å². The van der Waals surface area contributed by atoms with Crippen LogP contribution in [0.2, 0.25) is 0 Å². The third-order valence-corrected chi connectivity index (χ3v) is 0. The molecule has 0 aliphatic heterocycles. The van der Waals surface area contributed by atoms with Crippen molar-refractivity contribution in [3.63, 3.8) is 0 Å². The van der Waals surface area contributed by atoms with E-state index in [9.17, 15) is 0 Å². The Morgan fingerprint density at radius 2 is 0.500 bits per heavy atom. The molecule has 1 radical (unpaired) electrons. The van der Waals surface area contributed by atoms with Crippen LogP contribution < -0.4 is 14.1 Å². The largest absolute Gasteiger partial charge is 3.00 e. The number of hydrogen-bond acceptors (Lipinski definition) is 0. The van der Waals surface area contributed by atoms with E-state index in [1.54, 1.807) is 0 Å². The van der Waals surface area contributed by atoms with Gasteiger partial charge in [0.15, 0.2) is 0 Å². The van der Waals surface area contributed by atoms with Crippen molar-refractivity contribution in [2.24, 2.45) is 0 Å². The van der Waals surface area contributed by atoms with Gasteiger partial charge < -0.3 is 14.1 Å². The molecule has 0 amide bonds. The maximum Gasteiger partial charge on any atom is 3.00 e. The fourth-order valence-electron chi connectivity index (χ4n) is 0. The SMILES string of the molecule is F.F.F.P.[F-].[F-].[F-].[Gd+3]. The molecule has 0 saturated heterocycles. The van der Waals surface area contributed by atoms with Crippen LogP contribution in [0, 0.1) is 39.9 Å². The van der Waals surface area contributed by atoms with Crippen LogP contribution in [0.5, 0.6) is 0 Å². The van der Waals surface area contributed by atoms with Gasteiger partial charge in [-0.1, -0.05) is 0 Å². The van der Waals surface area contributed by atoms with E-state index in [-0.39, 0.29) is 78.1 Å². The summed E-state index contributed by atoms with van der Waals surface area (Å²) in [6, 6.07) is 0. The smallest absolute Gasteiger partial charge is 1.00 e. The summed E-state index contributed by atoms with van der Waals surface area (Å²) in [5.74, 6) is 0. The molecule has 1 atom stereocenters. The Morgan fingerprint density at radius 1 is 0.500 bits per heavy atom. The maximum atomic E-state index is 0. The zero-order valence-electron chi connectivity index (χ0n) is 3.42. The number of halogens is 6. The van der Waals surface area contributed by atoms with Crippen LogP contribution in [0.1, 0.15) is 0 Å². The van der Waals surface area contributed by atoms with Gasteiger partial charge in [0.05, 0.1) is 0 Å². The van der Waals surface area contributed by atoms with Gasteiger partial charge in [-0.3, -0.25) is 14.1 Å². The Balaban J connectivity index is 0. The Labute approximate surface area is 77.7 Å². The van der Waals surface area contributed by atoms with Crippen LogP contribution in [0.25, 0.3) is 0 Å². The zero-order chi connectivity index (χ0) is 0. The third-order valence-electron chi connectivity index (χ3n) is 0. The summed E-state index contributed by atoms with van der Waals surface area (Å²) >= 11 is 0. The van der Waals surface area contributed by atoms with Gasteiger partial charge in [-0.2, -0.15) is 9.90 Å². The fraction of sp³-hybridized carbons (Fsp3) is 0. The first-order valence-corrected chi connectivity index (χ1v) is 0. The maximum absolute atomic E-state index is 0. The van der Waals surface area contributed by atoms with Gasteiger partial charge in [0.2, 0.25) is 0 Å². The molecule has 0 aromatic heterocycles. The summed E-state index contributed by atoms with van der Waals surface area (Å²) in [7, 11) is 0. The molecule has 8 heavy (non-hydrogen) atoms. The Morgan fingerprint density at radius 3 is 0.500 bits per heavy atom. The topological polar surface area (TPSA) is 0 Å². The monoisotopic (exact) mass is 309 g/mol. The van der Waals surface area contributed by atoms with E-state index in [0.717, 1.165) is 0 Å². The van der Waals surface area contributed by atoms with Crippen molar-refractivity contribution in [3.8, 4) is 0 Å². The first kappa shape index (κ1) is 364. The summed E-state index contributed by atoms with van der Waals surface area (Å²) in [5, 5.41) is 0. The van der Waals surface area contributed by atoms with Crippen molar-refractivity contribution in [2.45, 2.75) is 0 Å². The summed E-state index contributed by atoms with van der Waals surface area (Å²) in [4.78, 5) is 0. The Bertz CT molecular complexity index is 8.49. The van der Waals surface area contributed by atoms with Crippen molar-refractivity contribution in [2.75, 3.05) is 0 Å². The predicted octanol–water partition coefficient (Wildman–Crippen LogP) is -8.47. The second kappa shape index (κ2) is 252. The first-order valence-electron chi connectivity index (χ1n) is 0. The molecule has 61 valence electrons. The van der Waals surface area contributed by atoms with Gasteiger partial charge in [-0.15, -0.1) is 0 Å². The zero-order valence-corrected chi connectivity index (χ0v) is 7.10. The molecule has 0 aromatic carbocycles. The molecule has 0 heterocycles. The van der Waals surface area contributed by atoms with Crippen LogP contribution >= 0.6 is 9.90 Å². The summed E-state index contributed by atoms with van der Waals surface area (Å²) in [6.45, 7) is 0. The molecule has 0 bridgehead atoms. The minimum Gasteiger partial charge on any atom is -1.00 e. The predicted molar refractivity (Wildman–Crippen MR) is 18.6 cm³/mol. The minimum absolute atomic E-state index is 0. The molecule has 0 nitrogen and oxygen atoms in total. The van der Waals surface area contributed by atoms with Crippen LogP contribution in [-0.2, 0) is 0 Å². The normalized spacial score (nSPS) is 0. The van der Waals surface area contributed by atoms with E-state index >= 15 is 0 Å². The second-order valence-electron chi connectivity index (χ2n) is 0.